The van der Waals surface area contributed by atoms with E-state index >= 15 is 0 Å². The van der Waals surface area contributed by atoms with E-state index in [1.165, 1.54) is 0 Å². The molecule has 2 amide bonds. The molecule has 1 aliphatic heterocycles. The molecule has 0 bridgehead atoms. The second-order valence-corrected chi connectivity index (χ2v) is 8.45. The Balaban J connectivity index is 1.48. The normalized spacial score (nSPS) is 12.0. The molecule has 3 aromatic carbocycles. The number of ether oxygens (including phenoxy) is 2. The molecule has 1 aliphatic rings. The smallest absolute Gasteiger partial charge is 0.262 e. The van der Waals surface area contributed by atoms with Crippen LogP contribution in [0.2, 0.25) is 0 Å². The third-order valence-corrected chi connectivity index (χ3v) is 6.12. The molecular formula is C30H28N2O5. The van der Waals surface area contributed by atoms with Crippen LogP contribution in [0.1, 0.15) is 40.9 Å². The lowest BCUT2D eigenvalue weighted by Crippen LogP contribution is -2.30. The zero-order chi connectivity index (χ0) is 26.4. The second-order valence-electron chi connectivity index (χ2n) is 8.45. The third kappa shape index (κ3) is 5.63. The van der Waals surface area contributed by atoms with Crippen LogP contribution in [0.5, 0.6) is 11.5 Å². The molecule has 1 N–H and O–H groups in total. The van der Waals surface area contributed by atoms with Gasteiger partial charge in [0.15, 0.2) is 12.5 Å². The van der Waals surface area contributed by atoms with Gasteiger partial charge in [0.25, 0.3) is 11.8 Å². The molecule has 0 unspecified atom stereocenters. The SMILES string of the molecule is CCN(CC)C(=O)c1cccc(NC(=O)COc2ccc3c(c2C)OC(=C=O)C=C3c2ccccc2)c1. The summed E-state index contributed by atoms with van der Waals surface area (Å²) >= 11 is 0. The van der Waals surface area contributed by atoms with Crippen molar-refractivity contribution in [2.75, 3.05) is 25.0 Å². The van der Waals surface area contributed by atoms with E-state index in [1.807, 2.05) is 63.1 Å². The maximum absolute atomic E-state index is 12.6. The zero-order valence-electron chi connectivity index (χ0n) is 21.0. The average molecular weight is 497 g/mol. The van der Waals surface area contributed by atoms with E-state index in [1.54, 1.807) is 41.3 Å². The van der Waals surface area contributed by atoms with Gasteiger partial charge in [-0.05, 0) is 62.2 Å². The average Bonchev–Trinajstić information content (AvgIpc) is 2.93. The summed E-state index contributed by atoms with van der Waals surface area (Å²) in [6, 6.07) is 20.1. The van der Waals surface area contributed by atoms with E-state index in [0.29, 0.717) is 41.4 Å². The summed E-state index contributed by atoms with van der Waals surface area (Å²) in [5.74, 6) is 2.39. The van der Waals surface area contributed by atoms with Gasteiger partial charge < -0.3 is 19.7 Å². The van der Waals surface area contributed by atoms with E-state index < -0.39 is 0 Å². The van der Waals surface area contributed by atoms with Crippen molar-refractivity contribution in [2.45, 2.75) is 20.8 Å². The van der Waals surface area contributed by atoms with Crippen LogP contribution in [-0.2, 0) is 9.59 Å². The van der Waals surface area contributed by atoms with Gasteiger partial charge in [-0.25, -0.2) is 4.79 Å². The first-order chi connectivity index (χ1) is 17.9. The number of carbonyl (C=O) groups is 2. The summed E-state index contributed by atoms with van der Waals surface area (Å²) in [5.41, 5.74) is 4.27. The van der Waals surface area contributed by atoms with Crippen LogP contribution >= 0.6 is 0 Å². The molecule has 0 saturated heterocycles. The predicted octanol–water partition coefficient (Wildman–Crippen LogP) is 5.03. The maximum atomic E-state index is 12.6. The second kappa shape index (κ2) is 11.4. The minimum atomic E-state index is -0.371. The van der Waals surface area contributed by atoms with Gasteiger partial charge in [-0.15, -0.1) is 0 Å². The fourth-order valence-corrected chi connectivity index (χ4v) is 4.19. The number of carbonyl (C=O) groups excluding carboxylic acids is 3. The van der Waals surface area contributed by atoms with Gasteiger partial charge in [-0.1, -0.05) is 36.4 Å². The number of anilines is 1. The Kier molecular flexibility index (Phi) is 7.86. The molecule has 3 aromatic rings. The number of benzene rings is 3. The van der Waals surface area contributed by atoms with Crippen molar-refractivity contribution < 1.29 is 23.9 Å². The first-order valence-electron chi connectivity index (χ1n) is 12.1. The highest BCUT2D eigenvalue weighted by atomic mass is 16.5. The molecule has 0 atom stereocenters. The molecule has 0 radical (unpaired) electrons. The number of allylic oxidation sites excluding steroid dienone is 1. The van der Waals surface area contributed by atoms with Crippen molar-refractivity contribution >= 4 is 29.0 Å². The largest absolute Gasteiger partial charge is 0.483 e. The number of hydrogen-bond donors (Lipinski definition) is 1. The van der Waals surface area contributed by atoms with E-state index in [-0.39, 0.29) is 24.2 Å². The van der Waals surface area contributed by atoms with Gasteiger partial charge in [-0.2, -0.15) is 0 Å². The number of rotatable bonds is 8. The van der Waals surface area contributed by atoms with Crippen molar-refractivity contribution in [2.24, 2.45) is 0 Å². The van der Waals surface area contributed by atoms with Gasteiger partial charge >= 0.3 is 0 Å². The molecule has 7 nitrogen and oxygen atoms in total. The van der Waals surface area contributed by atoms with Crippen LogP contribution in [-0.4, -0.2) is 42.4 Å². The minimum absolute atomic E-state index is 0.0727. The van der Waals surface area contributed by atoms with Gasteiger partial charge in [0.05, 0.1) is 0 Å². The predicted molar refractivity (Wildman–Crippen MR) is 142 cm³/mol. The molecule has 0 aliphatic carbocycles. The fraction of sp³-hybridized carbons (Fsp3) is 0.200. The Morgan fingerprint density at radius 3 is 2.46 bits per heavy atom. The van der Waals surface area contributed by atoms with Crippen LogP contribution in [0.3, 0.4) is 0 Å². The lowest BCUT2D eigenvalue weighted by Gasteiger charge is -2.22. The minimum Gasteiger partial charge on any atom is -0.483 e. The molecule has 0 saturated carbocycles. The highest BCUT2D eigenvalue weighted by molar-refractivity contribution is 5.97. The van der Waals surface area contributed by atoms with Gasteiger partial charge in [-0.3, -0.25) is 9.59 Å². The Bertz CT molecular complexity index is 1400. The molecule has 0 spiro atoms. The molecular weight excluding hydrogens is 468 g/mol. The molecule has 0 aromatic heterocycles. The van der Waals surface area contributed by atoms with Crippen LogP contribution < -0.4 is 14.8 Å². The highest BCUT2D eigenvalue weighted by Crippen LogP contribution is 2.42. The highest BCUT2D eigenvalue weighted by Gasteiger charge is 2.23. The summed E-state index contributed by atoms with van der Waals surface area (Å²) in [6.07, 6.45) is 1.66. The van der Waals surface area contributed by atoms with E-state index in [9.17, 15) is 14.4 Å². The lowest BCUT2D eigenvalue weighted by molar-refractivity contribution is -0.118. The summed E-state index contributed by atoms with van der Waals surface area (Å²) in [5, 5.41) is 2.78. The number of nitrogens with one attached hydrogen (secondary N) is 1. The molecule has 188 valence electrons. The Hall–Kier alpha value is -4.61. The standard InChI is InChI=1S/C30H28N2O5/c1-4-32(5-2)30(35)22-12-9-13-23(16-22)31-28(34)19-36-27-15-14-25-26(21-10-7-6-8-11-21)17-24(18-33)37-29(25)20(27)3/h6-17H,4-5,19H2,1-3H3,(H,31,34). The van der Waals surface area contributed by atoms with E-state index in [0.717, 1.165) is 16.7 Å². The summed E-state index contributed by atoms with van der Waals surface area (Å²) in [6.45, 7) is 6.63. The molecule has 7 heteroatoms. The molecule has 4 rings (SSSR count). The van der Waals surface area contributed by atoms with Crippen LogP contribution in [0, 0.1) is 6.92 Å². The van der Waals surface area contributed by atoms with Crippen molar-refractivity contribution in [3.63, 3.8) is 0 Å². The summed E-state index contributed by atoms with van der Waals surface area (Å²) < 4.78 is 11.6. The van der Waals surface area contributed by atoms with Gasteiger partial charge in [0.2, 0.25) is 5.76 Å². The quantitative estimate of drug-likeness (QED) is 0.442. The van der Waals surface area contributed by atoms with E-state index in [4.69, 9.17) is 9.47 Å². The van der Waals surface area contributed by atoms with Crippen molar-refractivity contribution in [3.8, 4) is 11.5 Å². The molecule has 37 heavy (non-hydrogen) atoms. The Morgan fingerprint density at radius 2 is 1.76 bits per heavy atom. The first-order valence-corrected chi connectivity index (χ1v) is 12.1. The Labute approximate surface area is 216 Å². The topological polar surface area (TPSA) is 84.9 Å². The monoisotopic (exact) mass is 496 g/mol. The third-order valence-electron chi connectivity index (χ3n) is 6.12. The maximum Gasteiger partial charge on any atom is 0.262 e. The number of hydrogen-bond acceptors (Lipinski definition) is 5. The van der Waals surface area contributed by atoms with Crippen molar-refractivity contribution in [3.05, 3.63) is 101 Å². The zero-order valence-corrected chi connectivity index (χ0v) is 21.0. The molecule has 0 fully saturated rings. The van der Waals surface area contributed by atoms with Crippen molar-refractivity contribution in [1.82, 2.24) is 4.90 Å². The van der Waals surface area contributed by atoms with E-state index in [2.05, 4.69) is 5.32 Å². The molecule has 1 heterocycles. The lowest BCUT2D eigenvalue weighted by atomic mass is 9.93. The number of fused-ring (bicyclic) bond motifs is 1. The first kappa shape index (κ1) is 25.5. The van der Waals surface area contributed by atoms with Gasteiger partial charge in [0.1, 0.15) is 11.5 Å². The summed E-state index contributed by atoms with van der Waals surface area (Å²) in [4.78, 5) is 38.4. The number of nitrogens with zero attached hydrogens (tertiary/aromatic N) is 1. The fourth-order valence-electron chi connectivity index (χ4n) is 4.19. The summed E-state index contributed by atoms with van der Waals surface area (Å²) in [7, 11) is 0. The van der Waals surface area contributed by atoms with Crippen molar-refractivity contribution in [1.29, 1.82) is 0 Å². The van der Waals surface area contributed by atoms with Crippen LogP contribution in [0.15, 0.2) is 78.6 Å². The number of amides is 2. The van der Waals surface area contributed by atoms with Gasteiger partial charge in [0, 0.05) is 41.5 Å². The van der Waals surface area contributed by atoms with Crippen LogP contribution in [0.25, 0.3) is 5.57 Å². The Morgan fingerprint density at radius 1 is 1.00 bits per heavy atom. The van der Waals surface area contributed by atoms with Crippen LogP contribution in [0.4, 0.5) is 5.69 Å².